The van der Waals surface area contributed by atoms with Gasteiger partial charge < -0.3 is 5.32 Å². The molecule has 0 radical (unpaired) electrons. The lowest BCUT2D eigenvalue weighted by Crippen LogP contribution is -2.17. The third-order valence-corrected chi connectivity index (χ3v) is 5.57. The first kappa shape index (κ1) is 12.1. The first-order valence-corrected chi connectivity index (χ1v) is 8.03. The van der Waals surface area contributed by atoms with Gasteiger partial charge in [-0.25, -0.2) is 0 Å². The Morgan fingerprint density at radius 3 is 2.78 bits per heavy atom. The quantitative estimate of drug-likeness (QED) is 0.672. The first-order valence-electron chi connectivity index (χ1n) is 5.11. The summed E-state index contributed by atoms with van der Waals surface area (Å²) < 4.78 is 0.529. The molecule has 0 spiro atoms. The number of thioether (sulfide) groups is 1. The molecule has 2 nitrogen and oxygen atoms in total. The van der Waals surface area contributed by atoms with E-state index < -0.39 is 0 Å². The Hall–Kier alpha value is -0.950. The third kappa shape index (κ3) is 2.42. The molecular weight excluding hydrogens is 302 g/mol. The van der Waals surface area contributed by atoms with Crippen LogP contribution in [0.2, 0.25) is 0 Å². The molecule has 18 heavy (non-hydrogen) atoms. The zero-order chi connectivity index (χ0) is 12.5. The summed E-state index contributed by atoms with van der Waals surface area (Å²) in [6, 6.07) is 8.25. The molecule has 0 saturated carbocycles. The van der Waals surface area contributed by atoms with Crippen LogP contribution in [-0.4, -0.2) is 10.2 Å². The van der Waals surface area contributed by atoms with Crippen LogP contribution in [0.5, 0.6) is 0 Å². The molecule has 1 saturated heterocycles. The van der Waals surface area contributed by atoms with Crippen LogP contribution in [0.3, 0.4) is 0 Å². The molecule has 0 bridgehead atoms. The maximum atomic E-state index is 11.5. The van der Waals surface area contributed by atoms with Crippen LogP contribution in [0.4, 0.5) is 0 Å². The topological polar surface area (TPSA) is 29.1 Å². The molecule has 2 aromatic rings. The first-order chi connectivity index (χ1) is 8.72. The van der Waals surface area contributed by atoms with Crippen LogP contribution in [0.25, 0.3) is 15.8 Å². The fraction of sp³-hybridized carbons (Fsp3) is 0. The van der Waals surface area contributed by atoms with E-state index in [9.17, 15) is 4.79 Å². The van der Waals surface area contributed by atoms with Crippen molar-refractivity contribution in [3.05, 3.63) is 39.4 Å². The fourth-order valence-corrected chi connectivity index (χ4v) is 4.43. The summed E-state index contributed by atoms with van der Waals surface area (Å²) in [5.41, 5.74) is 0. The summed E-state index contributed by atoms with van der Waals surface area (Å²) in [7, 11) is 0. The number of thiophene rings is 2. The van der Waals surface area contributed by atoms with Crippen LogP contribution >= 0.6 is 46.7 Å². The lowest BCUT2D eigenvalue weighted by atomic mass is 10.3. The van der Waals surface area contributed by atoms with Gasteiger partial charge in [0.1, 0.15) is 4.32 Å². The van der Waals surface area contributed by atoms with Gasteiger partial charge in [0.2, 0.25) is 0 Å². The van der Waals surface area contributed by atoms with E-state index in [1.807, 2.05) is 18.2 Å². The molecule has 3 heterocycles. The van der Waals surface area contributed by atoms with Crippen molar-refractivity contribution >= 4 is 63.0 Å². The van der Waals surface area contributed by atoms with Crippen LogP contribution < -0.4 is 5.32 Å². The van der Waals surface area contributed by atoms with Crippen LogP contribution in [-0.2, 0) is 4.79 Å². The molecule has 1 N–H and O–H groups in total. The normalized spacial score (nSPS) is 17.4. The Bertz CT molecular complexity index is 639. The highest BCUT2D eigenvalue weighted by molar-refractivity contribution is 8.26. The Morgan fingerprint density at radius 2 is 2.11 bits per heavy atom. The van der Waals surface area contributed by atoms with Crippen molar-refractivity contribution in [2.45, 2.75) is 0 Å². The molecular formula is C12H7NOS4. The third-order valence-electron chi connectivity index (χ3n) is 2.31. The zero-order valence-electron chi connectivity index (χ0n) is 9.01. The number of carbonyl (C=O) groups is 1. The van der Waals surface area contributed by atoms with E-state index in [1.54, 1.807) is 22.7 Å². The van der Waals surface area contributed by atoms with Gasteiger partial charge in [-0.15, -0.1) is 22.7 Å². The minimum atomic E-state index is -0.101. The fourth-order valence-electron chi connectivity index (χ4n) is 1.53. The Morgan fingerprint density at radius 1 is 1.22 bits per heavy atom. The number of hydrogen-bond acceptors (Lipinski definition) is 5. The molecule has 1 aliphatic rings. The molecule has 0 aromatic carbocycles. The largest absolute Gasteiger partial charge is 0.307 e. The van der Waals surface area contributed by atoms with Crippen molar-refractivity contribution in [2.75, 3.05) is 0 Å². The van der Waals surface area contributed by atoms with E-state index >= 15 is 0 Å². The van der Waals surface area contributed by atoms with Gasteiger partial charge in [-0.2, -0.15) is 0 Å². The van der Waals surface area contributed by atoms with Crippen molar-refractivity contribution in [3.8, 4) is 9.75 Å². The maximum absolute atomic E-state index is 11.5. The molecule has 0 atom stereocenters. The summed E-state index contributed by atoms with van der Waals surface area (Å²) in [5.74, 6) is -0.101. The van der Waals surface area contributed by atoms with Crippen molar-refractivity contribution in [3.63, 3.8) is 0 Å². The lowest BCUT2D eigenvalue weighted by Gasteiger charge is -1.90. The van der Waals surface area contributed by atoms with Gasteiger partial charge >= 0.3 is 0 Å². The van der Waals surface area contributed by atoms with E-state index in [2.05, 4.69) is 22.8 Å². The summed E-state index contributed by atoms with van der Waals surface area (Å²) in [4.78, 5) is 15.8. The minimum absolute atomic E-state index is 0.101. The number of hydrogen-bond donors (Lipinski definition) is 1. The average Bonchev–Trinajstić information content (AvgIpc) is 3.02. The zero-order valence-corrected chi connectivity index (χ0v) is 12.3. The number of nitrogens with one attached hydrogen (secondary N) is 1. The predicted octanol–water partition coefficient (Wildman–Crippen LogP) is 3.97. The van der Waals surface area contributed by atoms with E-state index in [0.717, 1.165) is 4.88 Å². The number of thiocarbonyl (C=S) groups is 1. The van der Waals surface area contributed by atoms with Crippen LogP contribution in [0.15, 0.2) is 34.6 Å². The maximum Gasteiger partial charge on any atom is 0.263 e. The average molecular weight is 309 g/mol. The summed E-state index contributed by atoms with van der Waals surface area (Å²) >= 11 is 9.67. The Kier molecular flexibility index (Phi) is 3.34. The minimum Gasteiger partial charge on any atom is -0.307 e. The number of carbonyl (C=O) groups excluding carboxylic acids is 1. The molecule has 0 aliphatic carbocycles. The molecule has 2 aromatic heterocycles. The monoisotopic (exact) mass is 309 g/mol. The smallest absolute Gasteiger partial charge is 0.263 e. The second-order valence-corrected chi connectivity index (χ2v) is 7.31. The van der Waals surface area contributed by atoms with Gasteiger partial charge in [0.15, 0.2) is 0 Å². The van der Waals surface area contributed by atoms with Gasteiger partial charge in [-0.1, -0.05) is 30.0 Å². The molecule has 3 rings (SSSR count). The lowest BCUT2D eigenvalue weighted by molar-refractivity contribution is -0.115. The van der Waals surface area contributed by atoms with Gasteiger partial charge in [-0.3, -0.25) is 4.79 Å². The second kappa shape index (κ2) is 4.97. The second-order valence-electron chi connectivity index (χ2n) is 3.53. The van der Waals surface area contributed by atoms with Gasteiger partial charge in [0, 0.05) is 14.6 Å². The van der Waals surface area contributed by atoms with Crippen molar-refractivity contribution < 1.29 is 4.79 Å². The molecule has 1 fully saturated rings. The van der Waals surface area contributed by atoms with Gasteiger partial charge in [0.05, 0.1) is 4.91 Å². The van der Waals surface area contributed by atoms with E-state index in [1.165, 1.54) is 21.5 Å². The molecule has 1 amide bonds. The van der Waals surface area contributed by atoms with E-state index in [4.69, 9.17) is 12.2 Å². The molecule has 6 heteroatoms. The summed E-state index contributed by atoms with van der Waals surface area (Å²) in [6.07, 6.45) is 1.89. The highest BCUT2D eigenvalue weighted by atomic mass is 32.2. The highest BCUT2D eigenvalue weighted by Crippen LogP contribution is 2.34. The van der Waals surface area contributed by atoms with Gasteiger partial charge in [0.25, 0.3) is 5.91 Å². The molecule has 0 unspecified atom stereocenters. The Labute approximate surface area is 122 Å². The number of rotatable bonds is 2. The van der Waals surface area contributed by atoms with Crippen LogP contribution in [0, 0.1) is 0 Å². The summed E-state index contributed by atoms with van der Waals surface area (Å²) in [5, 5.41) is 4.68. The summed E-state index contributed by atoms with van der Waals surface area (Å²) in [6.45, 7) is 0. The Balaban J connectivity index is 1.88. The van der Waals surface area contributed by atoms with Crippen LogP contribution in [0.1, 0.15) is 4.88 Å². The van der Waals surface area contributed by atoms with Crippen molar-refractivity contribution in [1.29, 1.82) is 0 Å². The SMILES string of the molecule is O=C1NC(=S)S/C1=C/c1ccc(-c2cccs2)s1. The van der Waals surface area contributed by atoms with Crippen molar-refractivity contribution in [1.82, 2.24) is 5.32 Å². The molecule has 1 aliphatic heterocycles. The number of amides is 1. The van der Waals surface area contributed by atoms with Gasteiger partial charge in [-0.05, 0) is 29.7 Å². The predicted molar refractivity (Wildman–Crippen MR) is 83.9 cm³/mol. The van der Waals surface area contributed by atoms with Crippen molar-refractivity contribution in [2.24, 2.45) is 0 Å². The highest BCUT2D eigenvalue weighted by Gasteiger charge is 2.22. The van der Waals surface area contributed by atoms with E-state index in [-0.39, 0.29) is 5.91 Å². The van der Waals surface area contributed by atoms with E-state index in [0.29, 0.717) is 9.23 Å². The molecule has 90 valence electrons. The standard InChI is InChI=1S/C12H7NOS4/c14-11-10(18-12(15)13-11)6-7-3-4-9(17-7)8-2-1-5-16-8/h1-6H,(H,13,14,15)/b10-6+.